The Bertz CT molecular complexity index is 357. The number of piperidine rings is 1. The Balaban J connectivity index is 2.24. The molecule has 0 saturated carbocycles. The summed E-state index contributed by atoms with van der Waals surface area (Å²) in [4.78, 5) is 2.15. The third kappa shape index (κ3) is 2.58. The zero-order valence-corrected chi connectivity index (χ0v) is 11.5. The van der Waals surface area contributed by atoms with Crippen molar-refractivity contribution in [3.05, 3.63) is 28.2 Å². The predicted molar refractivity (Wildman–Crippen MR) is 73.1 cm³/mol. The fraction of sp³-hybridized carbons (Fsp3) is 0.538. The van der Waals surface area contributed by atoms with Crippen LogP contribution in [0.4, 0.5) is 5.69 Å². The first-order chi connectivity index (χ1) is 7.68. The lowest BCUT2D eigenvalue weighted by Crippen LogP contribution is -2.26. The van der Waals surface area contributed by atoms with E-state index in [2.05, 4.69) is 58.4 Å². The summed E-state index contributed by atoms with van der Waals surface area (Å²) in [5.41, 5.74) is 2.66. The van der Waals surface area contributed by atoms with Crippen molar-refractivity contribution in [1.29, 1.82) is 0 Å². The summed E-state index contributed by atoms with van der Waals surface area (Å²) in [5.74, 6) is 0. The van der Waals surface area contributed by atoms with Crippen LogP contribution in [-0.4, -0.2) is 20.6 Å². The Morgan fingerprint density at radius 3 is 2.75 bits per heavy atom. The van der Waals surface area contributed by atoms with Crippen molar-refractivity contribution < 1.29 is 0 Å². The van der Waals surface area contributed by atoms with Gasteiger partial charge in [0.05, 0.1) is 5.69 Å². The lowest BCUT2D eigenvalue weighted by Gasteiger charge is -2.25. The summed E-state index contributed by atoms with van der Waals surface area (Å²) in [6.07, 6.45) is 3.91. The highest BCUT2D eigenvalue weighted by molar-refractivity contribution is 9.10. The number of rotatable bonds is 2. The Labute approximate surface area is 106 Å². The predicted octanol–water partition coefficient (Wildman–Crippen LogP) is 3.33. The summed E-state index contributed by atoms with van der Waals surface area (Å²) >= 11 is 3.59. The zero-order valence-electron chi connectivity index (χ0n) is 9.96. The van der Waals surface area contributed by atoms with Gasteiger partial charge in [0.1, 0.15) is 0 Å². The molecule has 1 atom stereocenters. The second-order valence-corrected chi connectivity index (χ2v) is 5.46. The van der Waals surface area contributed by atoms with Gasteiger partial charge < -0.3 is 10.2 Å². The molecular weight excluding hydrogens is 264 g/mol. The number of nitrogens with zero attached hydrogens (tertiary/aromatic N) is 1. The van der Waals surface area contributed by atoms with E-state index in [0.717, 1.165) is 11.0 Å². The molecule has 0 radical (unpaired) electrons. The molecule has 1 N–H and O–H groups in total. The zero-order chi connectivity index (χ0) is 11.5. The van der Waals surface area contributed by atoms with E-state index in [4.69, 9.17) is 0 Å². The number of halogens is 1. The standard InChI is InChI=1S/C13H19BrN2/c1-16(2)13-9-10(6-7-11(13)14)12-5-3-4-8-15-12/h6-7,9,12,15H,3-5,8H2,1-2H3. The molecule has 1 aromatic carbocycles. The number of hydrogen-bond acceptors (Lipinski definition) is 2. The second-order valence-electron chi connectivity index (χ2n) is 4.61. The van der Waals surface area contributed by atoms with Crippen LogP contribution in [0.5, 0.6) is 0 Å². The molecule has 2 rings (SSSR count). The van der Waals surface area contributed by atoms with Crippen LogP contribution in [0.2, 0.25) is 0 Å². The summed E-state index contributed by atoms with van der Waals surface area (Å²) in [5, 5.41) is 3.59. The van der Waals surface area contributed by atoms with Gasteiger partial charge in [-0.25, -0.2) is 0 Å². The van der Waals surface area contributed by atoms with Gasteiger partial charge in [-0.2, -0.15) is 0 Å². The third-order valence-corrected chi connectivity index (χ3v) is 3.84. The second kappa shape index (κ2) is 5.19. The molecule has 0 bridgehead atoms. The molecule has 0 aliphatic carbocycles. The fourth-order valence-corrected chi connectivity index (χ4v) is 2.83. The normalized spacial score (nSPS) is 20.8. The molecule has 0 aromatic heterocycles. The topological polar surface area (TPSA) is 15.3 Å². The third-order valence-electron chi connectivity index (χ3n) is 3.16. The minimum atomic E-state index is 0.542. The van der Waals surface area contributed by atoms with Crippen LogP contribution in [0.3, 0.4) is 0 Å². The van der Waals surface area contributed by atoms with Gasteiger partial charge in [0.2, 0.25) is 0 Å². The first kappa shape index (κ1) is 11.9. The molecule has 1 unspecified atom stereocenters. The highest BCUT2D eigenvalue weighted by Gasteiger charge is 2.15. The summed E-state index contributed by atoms with van der Waals surface area (Å²) < 4.78 is 1.16. The Morgan fingerprint density at radius 1 is 1.31 bits per heavy atom. The summed E-state index contributed by atoms with van der Waals surface area (Å²) in [6, 6.07) is 7.20. The van der Waals surface area contributed by atoms with Crippen molar-refractivity contribution in [2.75, 3.05) is 25.5 Å². The maximum absolute atomic E-state index is 3.59. The molecular formula is C13H19BrN2. The van der Waals surface area contributed by atoms with Gasteiger partial charge in [0, 0.05) is 24.6 Å². The lowest BCUT2D eigenvalue weighted by atomic mass is 9.97. The molecule has 16 heavy (non-hydrogen) atoms. The average Bonchev–Trinajstić information content (AvgIpc) is 2.30. The maximum atomic E-state index is 3.59. The molecule has 0 amide bonds. The van der Waals surface area contributed by atoms with Crippen LogP contribution in [0.25, 0.3) is 0 Å². The van der Waals surface area contributed by atoms with E-state index < -0.39 is 0 Å². The first-order valence-electron chi connectivity index (χ1n) is 5.88. The van der Waals surface area contributed by atoms with Gasteiger partial charge in [-0.1, -0.05) is 12.5 Å². The van der Waals surface area contributed by atoms with Gasteiger partial charge in [0.15, 0.2) is 0 Å². The van der Waals surface area contributed by atoms with Crippen LogP contribution in [0.1, 0.15) is 30.9 Å². The summed E-state index contributed by atoms with van der Waals surface area (Å²) in [6.45, 7) is 1.15. The molecule has 1 fully saturated rings. The van der Waals surface area contributed by atoms with Crippen LogP contribution >= 0.6 is 15.9 Å². The maximum Gasteiger partial charge on any atom is 0.0508 e. The van der Waals surface area contributed by atoms with Crippen molar-refractivity contribution in [3.63, 3.8) is 0 Å². The van der Waals surface area contributed by atoms with Crippen LogP contribution in [0.15, 0.2) is 22.7 Å². The lowest BCUT2D eigenvalue weighted by molar-refractivity contribution is 0.412. The molecule has 3 heteroatoms. The van der Waals surface area contributed by atoms with Crippen LogP contribution in [0, 0.1) is 0 Å². The highest BCUT2D eigenvalue weighted by Crippen LogP contribution is 2.30. The molecule has 2 nitrogen and oxygen atoms in total. The molecule has 1 aliphatic rings. The SMILES string of the molecule is CN(C)c1cc(C2CCCCN2)ccc1Br. The molecule has 1 aromatic rings. The average molecular weight is 283 g/mol. The van der Waals surface area contributed by atoms with E-state index >= 15 is 0 Å². The first-order valence-corrected chi connectivity index (χ1v) is 6.68. The number of benzene rings is 1. The molecule has 1 aliphatic heterocycles. The minimum Gasteiger partial charge on any atom is -0.377 e. The Hall–Kier alpha value is -0.540. The van der Waals surface area contributed by atoms with Gasteiger partial charge in [-0.05, 0) is 53.0 Å². The number of nitrogens with one attached hydrogen (secondary N) is 1. The number of hydrogen-bond donors (Lipinski definition) is 1. The smallest absolute Gasteiger partial charge is 0.0508 e. The van der Waals surface area contributed by atoms with E-state index in [1.807, 2.05) is 0 Å². The summed E-state index contributed by atoms with van der Waals surface area (Å²) in [7, 11) is 4.16. The molecule has 88 valence electrons. The van der Waals surface area contributed by atoms with E-state index in [-0.39, 0.29) is 0 Å². The van der Waals surface area contributed by atoms with Crippen LogP contribution in [-0.2, 0) is 0 Å². The van der Waals surface area contributed by atoms with E-state index in [0.29, 0.717) is 6.04 Å². The van der Waals surface area contributed by atoms with Crippen molar-refractivity contribution in [3.8, 4) is 0 Å². The van der Waals surface area contributed by atoms with Gasteiger partial charge in [-0.3, -0.25) is 0 Å². The molecule has 0 spiro atoms. The monoisotopic (exact) mass is 282 g/mol. The van der Waals surface area contributed by atoms with Crippen molar-refractivity contribution in [2.24, 2.45) is 0 Å². The van der Waals surface area contributed by atoms with Crippen molar-refractivity contribution in [1.82, 2.24) is 5.32 Å². The van der Waals surface area contributed by atoms with Gasteiger partial charge >= 0.3 is 0 Å². The highest BCUT2D eigenvalue weighted by atomic mass is 79.9. The number of anilines is 1. The Morgan fingerprint density at radius 2 is 2.12 bits per heavy atom. The Kier molecular flexibility index (Phi) is 3.87. The minimum absolute atomic E-state index is 0.542. The van der Waals surface area contributed by atoms with Gasteiger partial charge in [-0.15, -0.1) is 0 Å². The van der Waals surface area contributed by atoms with Gasteiger partial charge in [0.25, 0.3) is 0 Å². The van der Waals surface area contributed by atoms with Crippen molar-refractivity contribution >= 4 is 21.6 Å². The van der Waals surface area contributed by atoms with Crippen molar-refractivity contribution in [2.45, 2.75) is 25.3 Å². The fourth-order valence-electron chi connectivity index (χ4n) is 2.23. The van der Waals surface area contributed by atoms with Crippen LogP contribution < -0.4 is 10.2 Å². The van der Waals surface area contributed by atoms with E-state index in [1.54, 1.807) is 0 Å². The largest absolute Gasteiger partial charge is 0.377 e. The van der Waals surface area contributed by atoms with E-state index in [1.165, 1.54) is 30.5 Å². The molecule has 1 heterocycles. The molecule has 1 saturated heterocycles. The van der Waals surface area contributed by atoms with E-state index in [9.17, 15) is 0 Å². The quantitative estimate of drug-likeness (QED) is 0.895.